The summed E-state index contributed by atoms with van der Waals surface area (Å²) in [5, 5.41) is 25.2. The molecule has 0 spiro atoms. The minimum Gasteiger partial charge on any atom is -0.390 e. The Morgan fingerprint density at radius 1 is 1.12 bits per heavy atom. The third-order valence-corrected chi connectivity index (χ3v) is 6.60. The van der Waals surface area contributed by atoms with Gasteiger partial charge in [0.15, 0.2) is 5.15 Å². The second-order valence-electron chi connectivity index (χ2n) is 7.85. The van der Waals surface area contributed by atoms with Crippen LogP contribution in [0.1, 0.15) is 22.7 Å². The van der Waals surface area contributed by atoms with Gasteiger partial charge in [-0.15, -0.1) is 0 Å². The molecule has 0 fully saturated rings. The van der Waals surface area contributed by atoms with E-state index in [4.69, 9.17) is 11.6 Å². The van der Waals surface area contributed by atoms with E-state index in [1.807, 2.05) is 54.8 Å². The maximum atomic E-state index is 10.8. The number of aliphatic hydroxyl groups is 1. The van der Waals surface area contributed by atoms with Crippen LogP contribution >= 0.6 is 23.5 Å². The highest BCUT2D eigenvalue weighted by Crippen LogP contribution is 2.38. The maximum Gasteiger partial charge on any atom is 0.152 e. The van der Waals surface area contributed by atoms with Crippen molar-refractivity contribution in [2.24, 2.45) is 0 Å². The first-order valence-electron chi connectivity index (χ1n) is 10.4. The predicted molar refractivity (Wildman–Crippen MR) is 134 cm³/mol. The second-order valence-corrected chi connectivity index (χ2v) is 8.82. The highest BCUT2D eigenvalue weighted by molar-refractivity contribution is 7.99. The molecular weight excluding hydrogens is 454 g/mol. The molecule has 4 aromatic rings. The van der Waals surface area contributed by atoms with Gasteiger partial charge in [0.2, 0.25) is 0 Å². The number of nitrogens with one attached hydrogen (secondary N) is 2. The fourth-order valence-electron chi connectivity index (χ4n) is 4.30. The van der Waals surface area contributed by atoms with E-state index in [1.54, 1.807) is 12.4 Å². The van der Waals surface area contributed by atoms with E-state index in [2.05, 4.69) is 26.1 Å². The first-order chi connectivity index (χ1) is 16.1. The smallest absolute Gasteiger partial charge is 0.152 e. The number of nitriles is 1. The molecule has 3 N–H and O–H groups in total. The van der Waals surface area contributed by atoms with E-state index in [0.717, 1.165) is 38.8 Å². The summed E-state index contributed by atoms with van der Waals surface area (Å²) in [6.07, 6.45) is 5.21. The van der Waals surface area contributed by atoms with Crippen molar-refractivity contribution in [3.63, 3.8) is 0 Å². The van der Waals surface area contributed by atoms with Gasteiger partial charge >= 0.3 is 0 Å². The molecule has 0 bridgehead atoms. The molecule has 164 valence electrons. The number of aliphatic hydroxyl groups excluding tert-OH is 1. The van der Waals surface area contributed by atoms with Gasteiger partial charge in [-0.1, -0.05) is 53.9 Å². The fourth-order valence-corrected chi connectivity index (χ4v) is 4.89. The number of hydrogen-bond donors (Lipinski definition) is 3. The number of fused-ring (bicyclic) bond motifs is 2. The molecule has 2 aromatic heterocycles. The van der Waals surface area contributed by atoms with Gasteiger partial charge in [0, 0.05) is 36.0 Å². The Bertz CT molecular complexity index is 1400. The van der Waals surface area contributed by atoms with E-state index in [9.17, 15) is 10.4 Å². The van der Waals surface area contributed by atoms with Gasteiger partial charge in [-0.2, -0.15) is 5.26 Å². The molecule has 0 saturated heterocycles. The Morgan fingerprint density at radius 3 is 2.79 bits per heavy atom. The number of pyridine rings is 2. The number of benzene rings is 2. The molecule has 2 atom stereocenters. The third-order valence-electron chi connectivity index (χ3n) is 5.88. The van der Waals surface area contributed by atoms with E-state index in [1.165, 1.54) is 11.9 Å². The zero-order valence-corrected chi connectivity index (χ0v) is 19.3. The first-order valence-corrected chi connectivity index (χ1v) is 12.0. The van der Waals surface area contributed by atoms with Crippen molar-refractivity contribution >= 4 is 45.8 Å². The molecule has 33 heavy (non-hydrogen) atoms. The summed E-state index contributed by atoms with van der Waals surface area (Å²) < 4.78 is 3.14. The molecule has 0 aliphatic heterocycles. The van der Waals surface area contributed by atoms with Crippen molar-refractivity contribution in [3.8, 4) is 17.2 Å². The lowest BCUT2D eigenvalue weighted by molar-refractivity contribution is 0.166. The highest BCUT2D eigenvalue weighted by Gasteiger charge is 2.31. The molecule has 1 aliphatic carbocycles. The summed E-state index contributed by atoms with van der Waals surface area (Å²) in [4.78, 5) is 8.77. The normalized spacial score (nSPS) is 16.9. The summed E-state index contributed by atoms with van der Waals surface area (Å²) >= 11 is 7.65. The summed E-state index contributed by atoms with van der Waals surface area (Å²) in [5.41, 5.74) is 6.54. The van der Waals surface area contributed by atoms with Gasteiger partial charge in [-0.25, -0.2) is 4.98 Å². The molecule has 0 saturated carbocycles. The monoisotopic (exact) mass is 473 g/mol. The number of anilines is 2. The van der Waals surface area contributed by atoms with Gasteiger partial charge in [-0.3, -0.25) is 4.98 Å². The molecular formula is C25H20ClN5OS. The standard InChI is InChI=1S/C25H20ClN5OS/c1-33-31-21-9-16(12-29-25(21)26)14-6-7-20-19(8-14)23(17(11-27)13-28-20)30-24-18-5-3-2-4-15(18)10-22(24)32/h2-9,12-13,22,24,31-32H,10H2,1H3,(H,28,30). The number of hydrogen-bond acceptors (Lipinski definition) is 7. The topological polar surface area (TPSA) is 93.9 Å². The average Bonchev–Trinajstić information content (AvgIpc) is 3.15. The average molecular weight is 474 g/mol. The summed E-state index contributed by atoms with van der Waals surface area (Å²) in [6.45, 7) is 0. The van der Waals surface area contributed by atoms with E-state index >= 15 is 0 Å². The molecule has 0 radical (unpaired) electrons. The van der Waals surface area contributed by atoms with Crippen LogP contribution in [0.5, 0.6) is 0 Å². The Hall–Kier alpha value is -3.31. The second kappa shape index (κ2) is 8.91. The molecule has 2 unspecified atom stereocenters. The molecule has 0 amide bonds. The molecule has 6 nitrogen and oxygen atoms in total. The minimum atomic E-state index is -0.582. The Balaban J connectivity index is 1.62. The predicted octanol–water partition coefficient (Wildman–Crippen LogP) is 5.58. The summed E-state index contributed by atoms with van der Waals surface area (Å²) in [5.74, 6) is 0. The van der Waals surface area contributed by atoms with E-state index in [-0.39, 0.29) is 6.04 Å². The molecule has 2 heterocycles. The SMILES string of the molecule is CSNc1cc(-c2ccc3ncc(C#N)c(NC4c5ccccc5CC4O)c3c2)cnc1Cl. The van der Waals surface area contributed by atoms with Crippen molar-refractivity contribution < 1.29 is 5.11 Å². The van der Waals surface area contributed by atoms with Gasteiger partial charge in [0.1, 0.15) is 6.07 Å². The molecule has 2 aromatic carbocycles. The van der Waals surface area contributed by atoms with Crippen LogP contribution in [0.15, 0.2) is 60.9 Å². The van der Waals surface area contributed by atoms with Crippen LogP contribution in [0.3, 0.4) is 0 Å². The lowest BCUT2D eigenvalue weighted by Crippen LogP contribution is -2.21. The lowest BCUT2D eigenvalue weighted by atomic mass is 10.0. The van der Waals surface area contributed by atoms with Crippen LogP contribution in [0.2, 0.25) is 5.15 Å². The van der Waals surface area contributed by atoms with Gasteiger partial charge in [0.05, 0.1) is 34.6 Å². The summed E-state index contributed by atoms with van der Waals surface area (Å²) in [7, 11) is 0. The third kappa shape index (κ3) is 3.98. The Morgan fingerprint density at radius 2 is 1.97 bits per heavy atom. The van der Waals surface area contributed by atoms with Crippen LogP contribution in [0.4, 0.5) is 11.4 Å². The van der Waals surface area contributed by atoms with Crippen molar-refractivity contribution in [1.29, 1.82) is 5.26 Å². The minimum absolute atomic E-state index is 0.308. The quantitative estimate of drug-likeness (QED) is 0.257. The number of rotatable bonds is 5. The zero-order chi connectivity index (χ0) is 22.9. The van der Waals surface area contributed by atoms with Crippen LogP contribution < -0.4 is 10.0 Å². The van der Waals surface area contributed by atoms with E-state index < -0.39 is 6.10 Å². The van der Waals surface area contributed by atoms with Crippen LogP contribution in [0.25, 0.3) is 22.0 Å². The zero-order valence-electron chi connectivity index (χ0n) is 17.7. The van der Waals surface area contributed by atoms with Crippen molar-refractivity contribution in [3.05, 3.63) is 82.8 Å². The van der Waals surface area contributed by atoms with Crippen LogP contribution in [-0.2, 0) is 6.42 Å². The number of nitrogens with zero attached hydrogens (tertiary/aromatic N) is 3. The van der Waals surface area contributed by atoms with Gasteiger partial charge in [-0.05, 0) is 34.9 Å². The first kappa shape index (κ1) is 21.5. The van der Waals surface area contributed by atoms with Crippen molar-refractivity contribution in [2.75, 3.05) is 16.3 Å². The Labute approximate surface area is 200 Å². The molecule has 5 rings (SSSR count). The Kier molecular flexibility index (Phi) is 5.81. The molecule has 1 aliphatic rings. The van der Waals surface area contributed by atoms with Crippen molar-refractivity contribution in [2.45, 2.75) is 18.6 Å². The lowest BCUT2D eigenvalue weighted by Gasteiger charge is -2.21. The highest BCUT2D eigenvalue weighted by atomic mass is 35.5. The van der Waals surface area contributed by atoms with Gasteiger partial charge in [0.25, 0.3) is 0 Å². The van der Waals surface area contributed by atoms with Gasteiger partial charge < -0.3 is 15.1 Å². The summed E-state index contributed by atoms with van der Waals surface area (Å²) in [6, 6.07) is 17.8. The fraction of sp³-hybridized carbons (Fsp3) is 0.160. The van der Waals surface area contributed by atoms with Crippen molar-refractivity contribution in [1.82, 2.24) is 9.97 Å². The maximum absolute atomic E-state index is 10.8. The molecule has 8 heteroatoms. The number of halogens is 1. The largest absolute Gasteiger partial charge is 0.390 e. The van der Waals surface area contributed by atoms with Crippen LogP contribution in [-0.4, -0.2) is 27.4 Å². The number of aromatic nitrogens is 2. The van der Waals surface area contributed by atoms with E-state index in [0.29, 0.717) is 22.8 Å². The van der Waals surface area contributed by atoms with Crippen LogP contribution in [0, 0.1) is 11.3 Å².